The van der Waals surface area contributed by atoms with Gasteiger partial charge in [0.1, 0.15) is 5.75 Å². The Morgan fingerprint density at radius 2 is 1.88 bits per heavy atom. The van der Waals surface area contributed by atoms with Gasteiger partial charge in [-0.05, 0) is 42.7 Å². The van der Waals surface area contributed by atoms with Crippen LogP contribution in [0.15, 0.2) is 36.4 Å². The summed E-state index contributed by atoms with van der Waals surface area (Å²) in [5, 5.41) is 10.7. The van der Waals surface area contributed by atoms with Crippen molar-refractivity contribution in [2.24, 2.45) is 0 Å². The molecule has 25 heavy (non-hydrogen) atoms. The van der Waals surface area contributed by atoms with E-state index in [1.165, 1.54) is 0 Å². The fraction of sp³-hybridized carbons (Fsp3) is 0.368. The number of rotatable bonds is 8. The average molecular weight is 346 g/mol. The molecule has 0 saturated carbocycles. The Bertz CT molecular complexity index is 698. The monoisotopic (exact) mass is 346 g/mol. The number of hydrogen-bond donors (Lipinski definition) is 1. The van der Waals surface area contributed by atoms with E-state index >= 15 is 0 Å². The lowest BCUT2D eigenvalue weighted by atomic mass is 10.00. The predicted molar refractivity (Wildman–Crippen MR) is 91.3 cm³/mol. The number of aryl methyl sites for hydroxylation is 1. The second-order valence-electron chi connectivity index (χ2n) is 5.67. The van der Waals surface area contributed by atoms with Crippen molar-refractivity contribution in [3.63, 3.8) is 0 Å². The summed E-state index contributed by atoms with van der Waals surface area (Å²) >= 11 is 0. The second kappa shape index (κ2) is 8.09. The molecular formula is C19H22O6. The van der Waals surface area contributed by atoms with Crippen LogP contribution in [0, 0.1) is 0 Å². The van der Waals surface area contributed by atoms with E-state index in [0.717, 1.165) is 17.7 Å². The summed E-state index contributed by atoms with van der Waals surface area (Å²) in [6, 6.07) is 11.4. The van der Waals surface area contributed by atoms with Crippen LogP contribution in [-0.4, -0.2) is 32.9 Å². The van der Waals surface area contributed by atoms with Gasteiger partial charge in [-0.25, -0.2) is 0 Å². The summed E-state index contributed by atoms with van der Waals surface area (Å²) in [6.07, 6.45) is 0.585. The normalized spacial score (nSPS) is 13.6. The molecule has 0 aliphatic carbocycles. The minimum absolute atomic E-state index is 0.0675. The number of aliphatic hydroxyl groups excluding tert-OH is 1. The fourth-order valence-corrected chi connectivity index (χ4v) is 2.74. The molecule has 1 unspecified atom stereocenters. The molecule has 6 heteroatoms. The van der Waals surface area contributed by atoms with Gasteiger partial charge in [-0.1, -0.05) is 12.1 Å². The molecule has 2 aromatic rings. The zero-order chi connectivity index (χ0) is 17.6. The Kier molecular flexibility index (Phi) is 5.63. The van der Waals surface area contributed by atoms with E-state index in [2.05, 4.69) is 0 Å². The Morgan fingerprint density at radius 3 is 2.60 bits per heavy atom. The number of hydrogen-bond acceptors (Lipinski definition) is 6. The van der Waals surface area contributed by atoms with Crippen molar-refractivity contribution in [2.45, 2.75) is 18.9 Å². The molecule has 2 aromatic carbocycles. The van der Waals surface area contributed by atoms with Crippen molar-refractivity contribution >= 4 is 0 Å². The molecule has 6 nitrogen and oxygen atoms in total. The van der Waals surface area contributed by atoms with E-state index in [4.69, 9.17) is 23.7 Å². The summed E-state index contributed by atoms with van der Waals surface area (Å²) in [5.41, 5.74) is 1.79. The van der Waals surface area contributed by atoms with Gasteiger partial charge in [-0.2, -0.15) is 0 Å². The average Bonchev–Trinajstić information content (AvgIpc) is 3.13. The zero-order valence-electron chi connectivity index (χ0n) is 14.4. The van der Waals surface area contributed by atoms with Crippen LogP contribution in [0.3, 0.4) is 0 Å². The van der Waals surface area contributed by atoms with Gasteiger partial charge < -0.3 is 28.8 Å². The van der Waals surface area contributed by atoms with Crippen LogP contribution in [0.2, 0.25) is 0 Å². The summed E-state index contributed by atoms with van der Waals surface area (Å²) in [5.74, 6) is 2.41. The first-order valence-corrected chi connectivity index (χ1v) is 8.08. The van der Waals surface area contributed by atoms with Crippen molar-refractivity contribution in [1.29, 1.82) is 0 Å². The van der Waals surface area contributed by atoms with Crippen LogP contribution < -0.4 is 18.9 Å². The standard InChI is InChI=1S/C19H22O6/c1-21-11-24-18-15(8-10-17-19(18)25-12-23-17)16(20)9-5-13-3-6-14(22-2)7-4-13/h3-4,6-8,10,16,20H,5,9,11-12H2,1-2H3. The molecular weight excluding hydrogens is 324 g/mol. The minimum atomic E-state index is -0.691. The molecule has 1 aliphatic heterocycles. The van der Waals surface area contributed by atoms with Crippen LogP contribution in [0.25, 0.3) is 0 Å². The van der Waals surface area contributed by atoms with Crippen molar-refractivity contribution in [1.82, 2.24) is 0 Å². The maximum absolute atomic E-state index is 10.7. The smallest absolute Gasteiger partial charge is 0.231 e. The Balaban J connectivity index is 1.73. The van der Waals surface area contributed by atoms with Gasteiger partial charge >= 0.3 is 0 Å². The highest BCUT2D eigenvalue weighted by molar-refractivity contribution is 5.57. The highest BCUT2D eigenvalue weighted by Crippen LogP contribution is 2.45. The molecule has 1 heterocycles. The van der Waals surface area contributed by atoms with Crippen LogP contribution in [-0.2, 0) is 11.2 Å². The van der Waals surface area contributed by atoms with Gasteiger partial charge in [0.05, 0.1) is 13.2 Å². The van der Waals surface area contributed by atoms with E-state index in [-0.39, 0.29) is 13.6 Å². The second-order valence-corrected chi connectivity index (χ2v) is 5.67. The quantitative estimate of drug-likeness (QED) is 0.741. The lowest BCUT2D eigenvalue weighted by molar-refractivity contribution is 0.0450. The van der Waals surface area contributed by atoms with Crippen molar-refractivity contribution < 1.29 is 28.8 Å². The lowest BCUT2D eigenvalue weighted by Crippen LogP contribution is -2.07. The summed E-state index contributed by atoms with van der Waals surface area (Å²) in [6.45, 7) is 0.210. The molecule has 0 saturated heterocycles. The summed E-state index contributed by atoms with van der Waals surface area (Å²) < 4.78 is 26.6. The highest BCUT2D eigenvalue weighted by Gasteiger charge is 2.25. The Hall–Kier alpha value is -2.44. The Labute approximate surface area is 146 Å². The first-order chi connectivity index (χ1) is 12.2. The molecule has 0 fully saturated rings. The summed E-state index contributed by atoms with van der Waals surface area (Å²) in [7, 11) is 3.18. The Morgan fingerprint density at radius 1 is 1.08 bits per heavy atom. The molecule has 0 amide bonds. The van der Waals surface area contributed by atoms with E-state index in [0.29, 0.717) is 29.2 Å². The van der Waals surface area contributed by atoms with Gasteiger partial charge in [0, 0.05) is 12.7 Å². The van der Waals surface area contributed by atoms with Crippen LogP contribution in [0.5, 0.6) is 23.0 Å². The molecule has 1 atom stereocenters. The number of fused-ring (bicyclic) bond motifs is 1. The number of benzene rings is 2. The van der Waals surface area contributed by atoms with E-state index < -0.39 is 6.10 Å². The van der Waals surface area contributed by atoms with Crippen molar-refractivity contribution in [2.75, 3.05) is 27.8 Å². The number of ether oxygens (including phenoxy) is 5. The summed E-state index contributed by atoms with van der Waals surface area (Å²) in [4.78, 5) is 0. The number of methoxy groups -OCH3 is 2. The third-order valence-electron chi connectivity index (χ3n) is 4.07. The van der Waals surface area contributed by atoms with Crippen LogP contribution >= 0.6 is 0 Å². The van der Waals surface area contributed by atoms with Crippen LogP contribution in [0.4, 0.5) is 0 Å². The lowest BCUT2D eigenvalue weighted by Gasteiger charge is -2.17. The largest absolute Gasteiger partial charge is 0.497 e. The molecule has 134 valence electrons. The third-order valence-corrected chi connectivity index (χ3v) is 4.07. The molecule has 0 aromatic heterocycles. The van der Waals surface area contributed by atoms with Gasteiger partial charge in [-0.3, -0.25) is 0 Å². The van der Waals surface area contributed by atoms with Gasteiger partial charge in [0.15, 0.2) is 18.3 Å². The van der Waals surface area contributed by atoms with E-state index in [9.17, 15) is 5.11 Å². The van der Waals surface area contributed by atoms with Crippen molar-refractivity contribution in [3.8, 4) is 23.0 Å². The first kappa shape index (κ1) is 17.4. The molecule has 0 spiro atoms. The maximum Gasteiger partial charge on any atom is 0.231 e. The molecule has 1 aliphatic rings. The highest BCUT2D eigenvalue weighted by atomic mass is 16.7. The predicted octanol–water partition coefficient (Wildman–Crippen LogP) is 3.07. The maximum atomic E-state index is 10.7. The van der Waals surface area contributed by atoms with Gasteiger partial charge in [-0.15, -0.1) is 0 Å². The van der Waals surface area contributed by atoms with E-state index in [1.54, 1.807) is 26.4 Å². The van der Waals surface area contributed by atoms with Gasteiger partial charge in [0.25, 0.3) is 0 Å². The first-order valence-electron chi connectivity index (χ1n) is 8.08. The van der Waals surface area contributed by atoms with Crippen LogP contribution in [0.1, 0.15) is 23.7 Å². The topological polar surface area (TPSA) is 66.4 Å². The van der Waals surface area contributed by atoms with E-state index in [1.807, 2.05) is 24.3 Å². The third kappa shape index (κ3) is 3.97. The number of aliphatic hydroxyl groups is 1. The molecule has 3 rings (SSSR count). The molecule has 0 radical (unpaired) electrons. The van der Waals surface area contributed by atoms with Gasteiger partial charge in [0.2, 0.25) is 12.5 Å². The SMILES string of the molecule is COCOc1c(C(O)CCc2ccc(OC)cc2)ccc2c1OCO2. The minimum Gasteiger partial charge on any atom is -0.497 e. The molecule has 1 N–H and O–H groups in total. The zero-order valence-corrected chi connectivity index (χ0v) is 14.4. The fourth-order valence-electron chi connectivity index (χ4n) is 2.74. The molecule has 0 bridgehead atoms. The van der Waals surface area contributed by atoms with Crippen molar-refractivity contribution in [3.05, 3.63) is 47.5 Å².